The van der Waals surface area contributed by atoms with Crippen LogP contribution < -0.4 is 4.90 Å². The molecule has 0 bridgehead atoms. The second-order valence-electron chi connectivity index (χ2n) is 4.28. The van der Waals surface area contributed by atoms with Crippen LogP contribution in [-0.2, 0) is 4.79 Å². The molecule has 1 aliphatic heterocycles. The molecule has 0 aromatic carbocycles. The Labute approximate surface area is 98.9 Å². The van der Waals surface area contributed by atoms with Gasteiger partial charge in [0.1, 0.15) is 0 Å². The van der Waals surface area contributed by atoms with Gasteiger partial charge in [0.2, 0.25) is 0 Å². The highest BCUT2D eigenvalue weighted by atomic mass is 32.1. The maximum Gasteiger partial charge on any atom is 0.311 e. The lowest BCUT2D eigenvalue weighted by Gasteiger charge is -2.39. The molecular formula is C11H16N2O2S. The fourth-order valence-electron chi connectivity index (χ4n) is 2.28. The van der Waals surface area contributed by atoms with Crippen molar-refractivity contribution in [1.29, 1.82) is 0 Å². The van der Waals surface area contributed by atoms with Crippen LogP contribution in [0.25, 0.3) is 0 Å². The number of rotatable bonds is 3. The summed E-state index contributed by atoms with van der Waals surface area (Å²) < 4.78 is 0. The van der Waals surface area contributed by atoms with Crippen LogP contribution in [0.3, 0.4) is 0 Å². The SMILES string of the molecule is CCC1(C(=O)O)CCCN(c2nccs2)C1. The average molecular weight is 240 g/mol. The van der Waals surface area contributed by atoms with Gasteiger partial charge in [-0.25, -0.2) is 4.98 Å². The molecule has 0 spiro atoms. The number of aliphatic carboxylic acids is 1. The Morgan fingerprint density at radius 2 is 2.56 bits per heavy atom. The molecule has 1 aliphatic rings. The molecule has 5 heteroatoms. The molecule has 0 radical (unpaired) electrons. The van der Waals surface area contributed by atoms with Crippen molar-refractivity contribution in [2.24, 2.45) is 5.41 Å². The van der Waals surface area contributed by atoms with Gasteiger partial charge in [-0.3, -0.25) is 4.79 Å². The number of carboxylic acid groups (broad SMARTS) is 1. The Balaban J connectivity index is 2.18. The van der Waals surface area contributed by atoms with Gasteiger partial charge in [-0.2, -0.15) is 0 Å². The molecule has 1 fully saturated rings. The number of aromatic nitrogens is 1. The molecule has 88 valence electrons. The number of anilines is 1. The number of carboxylic acids is 1. The molecule has 16 heavy (non-hydrogen) atoms. The summed E-state index contributed by atoms with van der Waals surface area (Å²) in [5.74, 6) is -0.670. The van der Waals surface area contributed by atoms with Gasteiger partial charge in [0.05, 0.1) is 5.41 Å². The van der Waals surface area contributed by atoms with Crippen molar-refractivity contribution in [3.63, 3.8) is 0 Å². The van der Waals surface area contributed by atoms with E-state index in [-0.39, 0.29) is 0 Å². The van der Waals surface area contributed by atoms with E-state index in [1.807, 2.05) is 12.3 Å². The number of hydrogen-bond donors (Lipinski definition) is 1. The van der Waals surface area contributed by atoms with E-state index >= 15 is 0 Å². The summed E-state index contributed by atoms with van der Waals surface area (Å²) in [4.78, 5) is 17.7. The number of thiazole rings is 1. The Kier molecular flexibility index (Phi) is 3.14. The third-order valence-corrected chi connectivity index (χ3v) is 4.23. The quantitative estimate of drug-likeness (QED) is 0.880. The summed E-state index contributed by atoms with van der Waals surface area (Å²) in [5, 5.41) is 12.2. The number of piperidine rings is 1. The van der Waals surface area contributed by atoms with Crippen molar-refractivity contribution in [2.75, 3.05) is 18.0 Å². The average Bonchev–Trinajstić information content (AvgIpc) is 2.82. The molecule has 1 atom stereocenters. The predicted octanol–water partition coefficient (Wildman–Crippen LogP) is 2.22. The lowest BCUT2D eigenvalue weighted by molar-refractivity contribution is -0.149. The van der Waals surface area contributed by atoms with Crippen molar-refractivity contribution < 1.29 is 9.90 Å². The third-order valence-electron chi connectivity index (χ3n) is 3.40. The van der Waals surface area contributed by atoms with E-state index in [9.17, 15) is 9.90 Å². The smallest absolute Gasteiger partial charge is 0.311 e. The van der Waals surface area contributed by atoms with E-state index in [2.05, 4.69) is 9.88 Å². The zero-order valence-corrected chi connectivity index (χ0v) is 10.2. The molecule has 2 heterocycles. The van der Waals surface area contributed by atoms with Crippen molar-refractivity contribution in [3.05, 3.63) is 11.6 Å². The standard InChI is InChI=1S/C11H16N2O2S/c1-2-11(9(14)15)4-3-6-13(8-11)10-12-5-7-16-10/h5,7H,2-4,6,8H2,1H3,(H,14,15). The Bertz CT molecular complexity index is 366. The minimum Gasteiger partial charge on any atom is -0.481 e. The Morgan fingerprint density at radius 3 is 3.12 bits per heavy atom. The fraction of sp³-hybridized carbons (Fsp3) is 0.636. The minimum atomic E-state index is -0.670. The third kappa shape index (κ3) is 1.91. The first-order valence-electron chi connectivity index (χ1n) is 5.56. The van der Waals surface area contributed by atoms with Crippen molar-refractivity contribution in [3.8, 4) is 0 Å². The summed E-state index contributed by atoms with van der Waals surface area (Å²) in [6, 6.07) is 0. The lowest BCUT2D eigenvalue weighted by Crippen LogP contribution is -2.47. The van der Waals surface area contributed by atoms with E-state index in [1.165, 1.54) is 0 Å². The van der Waals surface area contributed by atoms with Crippen LogP contribution in [0.4, 0.5) is 5.13 Å². The second-order valence-corrected chi connectivity index (χ2v) is 5.15. The molecular weight excluding hydrogens is 224 g/mol. The predicted molar refractivity (Wildman–Crippen MR) is 63.9 cm³/mol. The summed E-state index contributed by atoms with van der Waals surface area (Å²) in [6.45, 7) is 3.47. The number of nitrogens with zero attached hydrogens (tertiary/aromatic N) is 2. The van der Waals surface area contributed by atoms with Crippen LogP contribution in [0.2, 0.25) is 0 Å². The molecule has 1 N–H and O–H groups in total. The molecule has 2 rings (SSSR count). The lowest BCUT2D eigenvalue weighted by atomic mass is 9.78. The molecule has 1 saturated heterocycles. The monoisotopic (exact) mass is 240 g/mol. The van der Waals surface area contributed by atoms with Gasteiger partial charge >= 0.3 is 5.97 Å². The summed E-state index contributed by atoms with van der Waals surface area (Å²) >= 11 is 1.57. The highest BCUT2D eigenvalue weighted by Crippen LogP contribution is 2.36. The molecule has 1 aromatic rings. The second kappa shape index (κ2) is 4.41. The van der Waals surface area contributed by atoms with Gasteiger partial charge in [0.25, 0.3) is 0 Å². The molecule has 1 unspecified atom stereocenters. The number of hydrogen-bond acceptors (Lipinski definition) is 4. The van der Waals surface area contributed by atoms with Gasteiger partial charge in [-0.05, 0) is 19.3 Å². The van der Waals surface area contributed by atoms with Crippen LogP contribution in [-0.4, -0.2) is 29.1 Å². The van der Waals surface area contributed by atoms with E-state index < -0.39 is 11.4 Å². The highest BCUT2D eigenvalue weighted by molar-refractivity contribution is 7.13. The van der Waals surface area contributed by atoms with Gasteiger partial charge in [-0.1, -0.05) is 6.92 Å². The Morgan fingerprint density at radius 1 is 1.75 bits per heavy atom. The molecule has 0 aliphatic carbocycles. The first-order valence-corrected chi connectivity index (χ1v) is 6.44. The first kappa shape index (κ1) is 11.4. The van der Waals surface area contributed by atoms with Crippen LogP contribution in [0.1, 0.15) is 26.2 Å². The molecule has 0 saturated carbocycles. The molecule has 0 amide bonds. The van der Waals surface area contributed by atoms with Gasteiger partial charge in [0.15, 0.2) is 5.13 Å². The zero-order chi connectivity index (χ0) is 11.6. The minimum absolute atomic E-state index is 0.579. The molecule has 4 nitrogen and oxygen atoms in total. The van der Waals surface area contributed by atoms with Gasteiger partial charge in [-0.15, -0.1) is 11.3 Å². The van der Waals surface area contributed by atoms with E-state index in [4.69, 9.17) is 0 Å². The van der Waals surface area contributed by atoms with Crippen LogP contribution in [0, 0.1) is 5.41 Å². The van der Waals surface area contributed by atoms with Crippen LogP contribution in [0.15, 0.2) is 11.6 Å². The molecule has 1 aromatic heterocycles. The summed E-state index contributed by atoms with van der Waals surface area (Å²) in [7, 11) is 0. The Hall–Kier alpha value is -1.10. The number of carbonyl (C=O) groups is 1. The first-order chi connectivity index (χ1) is 7.68. The van der Waals surface area contributed by atoms with Crippen LogP contribution in [0.5, 0.6) is 0 Å². The fourth-order valence-corrected chi connectivity index (χ4v) is 2.95. The largest absolute Gasteiger partial charge is 0.481 e. The summed E-state index contributed by atoms with van der Waals surface area (Å²) in [5.41, 5.74) is -0.579. The topological polar surface area (TPSA) is 53.4 Å². The van der Waals surface area contributed by atoms with E-state index in [0.29, 0.717) is 13.0 Å². The van der Waals surface area contributed by atoms with Gasteiger partial charge in [0, 0.05) is 24.7 Å². The highest BCUT2D eigenvalue weighted by Gasteiger charge is 2.41. The zero-order valence-electron chi connectivity index (χ0n) is 9.35. The van der Waals surface area contributed by atoms with Crippen LogP contribution >= 0.6 is 11.3 Å². The van der Waals surface area contributed by atoms with E-state index in [1.54, 1.807) is 17.5 Å². The van der Waals surface area contributed by atoms with Crippen molar-refractivity contribution in [2.45, 2.75) is 26.2 Å². The van der Waals surface area contributed by atoms with Gasteiger partial charge < -0.3 is 10.0 Å². The summed E-state index contributed by atoms with van der Waals surface area (Å²) in [6.07, 6.45) is 4.16. The maximum atomic E-state index is 11.4. The normalized spacial score (nSPS) is 25.7. The van der Waals surface area contributed by atoms with E-state index in [0.717, 1.165) is 24.5 Å². The van der Waals surface area contributed by atoms with Crippen molar-refractivity contribution in [1.82, 2.24) is 4.98 Å². The maximum absolute atomic E-state index is 11.4. The van der Waals surface area contributed by atoms with Crippen molar-refractivity contribution >= 4 is 22.4 Å².